The van der Waals surface area contributed by atoms with Crippen LogP contribution in [0.1, 0.15) is 12.6 Å². The van der Waals surface area contributed by atoms with E-state index in [2.05, 4.69) is 47.5 Å². The van der Waals surface area contributed by atoms with Gasteiger partial charge in [-0.05, 0) is 50.9 Å². The Bertz CT molecular complexity index is 613. The number of aromatic nitrogens is 1. The molecule has 0 atom stereocenters. The summed E-state index contributed by atoms with van der Waals surface area (Å²) in [6.07, 6.45) is 4.98. The van der Waals surface area contributed by atoms with E-state index in [0.717, 1.165) is 23.6 Å². The van der Waals surface area contributed by atoms with Gasteiger partial charge >= 0.3 is 0 Å². The molecular formula is C14H16Br2FN5. The van der Waals surface area contributed by atoms with Gasteiger partial charge < -0.3 is 21.5 Å². The van der Waals surface area contributed by atoms with Crippen LogP contribution in [-0.2, 0) is 0 Å². The summed E-state index contributed by atoms with van der Waals surface area (Å²) in [7, 11) is 0. The molecule has 0 amide bonds. The van der Waals surface area contributed by atoms with Crippen LogP contribution in [-0.4, -0.2) is 30.5 Å². The highest BCUT2D eigenvalue weighted by atomic mass is 79.9. The summed E-state index contributed by atoms with van der Waals surface area (Å²) in [5.41, 5.74) is 1.75. The van der Waals surface area contributed by atoms with Crippen LogP contribution < -0.4 is 10.6 Å². The predicted molar refractivity (Wildman–Crippen MR) is 95.1 cm³/mol. The fourth-order valence-electron chi connectivity index (χ4n) is 1.57. The average Bonchev–Trinajstić information content (AvgIpc) is 2.47. The second-order valence-electron chi connectivity index (χ2n) is 4.10. The van der Waals surface area contributed by atoms with Gasteiger partial charge in [0.05, 0.1) is 16.5 Å². The minimum atomic E-state index is -0.445. The first-order chi connectivity index (χ1) is 10.5. The van der Waals surface area contributed by atoms with E-state index in [1.54, 1.807) is 0 Å². The summed E-state index contributed by atoms with van der Waals surface area (Å²) in [4.78, 5) is 4.03. The van der Waals surface area contributed by atoms with Crippen molar-refractivity contribution in [1.82, 2.24) is 15.6 Å². The maximum atomic E-state index is 13.1. The molecule has 1 aromatic rings. The Morgan fingerprint density at radius 2 is 2.14 bits per heavy atom. The van der Waals surface area contributed by atoms with Crippen LogP contribution in [0.5, 0.6) is 0 Å². The van der Waals surface area contributed by atoms with Crippen molar-refractivity contribution in [2.45, 2.75) is 6.92 Å². The molecule has 0 radical (unpaired) electrons. The van der Waals surface area contributed by atoms with Crippen molar-refractivity contribution in [2.24, 2.45) is 0 Å². The van der Waals surface area contributed by atoms with Gasteiger partial charge in [-0.1, -0.05) is 0 Å². The topological polar surface area (TPSA) is 84.7 Å². The van der Waals surface area contributed by atoms with Gasteiger partial charge in [-0.25, -0.2) is 4.39 Å². The lowest BCUT2D eigenvalue weighted by Gasteiger charge is -2.13. The van der Waals surface area contributed by atoms with Gasteiger partial charge in [0.25, 0.3) is 0 Å². The number of hydrogen-bond acceptors (Lipinski definition) is 5. The summed E-state index contributed by atoms with van der Waals surface area (Å²) in [5, 5.41) is 20.9. The van der Waals surface area contributed by atoms with E-state index in [4.69, 9.17) is 10.8 Å². The third-order valence-corrected chi connectivity index (χ3v) is 3.96. The third-order valence-electron chi connectivity index (χ3n) is 2.57. The average molecular weight is 433 g/mol. The first-order valence-corrected chi connectivity index (χ1v) is 8.01. The van der Waals surface area contributed by atoms with Crippen molar-refractivity contribution in [3.8, 4) is 0 Å². The minimum absolute atomic E-state index is 0.349. The molecule has 8 heteroatoms. The van der Waals surface area contributed by atoms with E-state index in [1.807, 2.05) is 6.92 Å². The molecular weight excluding hydrogens is 417 g/mol. The van der Waals surface area contributed by atoms with Crippen molar-refractivity contribution in [1.29, 1.82) is 10.8 Å². The van der Waals surface area contributed by atoms with Crippen LogP contribution in [0.2, 0.25) is 0 Å². The van der Waals surface area contributed by atoms with Gasteiger partial charge in [0, 0.05) is 35.6 Å². The normalized spacial score (nSPS) is 12.5. The molecule has 0 aliphatic carbocycles. The van der Waals surface area contributed by atoms with Gasteiger partial charge in [-0.2, -0.15) is 0 Å². The molecule has 22 heavy (non-hydrogen) atoms. The Hall–Kier alpha value is -1.54. The zero-order valence-electron chi connectivity index (χ0n) is 11.9. The van der Waals surface area contributed by atoms with Gasteiger partial charge in [-0.15, -0.1) is 0 Å². The van der Waals surface area contributed by atoms with Crippen LogP contribution in [0.3, 0.4) is 0 Å². The number of allylic oxidation sites excluding steroid dienone is 1. The second kappa shape index (κ2) is 9.47. The van der Waals surface area contributed by atoms with Gasteiger partial charge in [0.1, 0.15) is 11.5 Å². The molecule has 0 unspecified atom stereocenters. The molecule has 0 saturated heterocycles. The zero-order chi connectivity index (χ0) is 16.5. The summed E-state index contributed by atoms with van der Waals surface area (Å²) in [6.45, 7) is 3.03. The molecule has 0 aromatic carbocycles. The maximum Gasteiger partial charge on any atom is 0.142 e. The number of nitrogens with zero attached hydrogens (tertiary/aromatic N) is 1. The van der Waals surface area contributed by atoms with Crippen LogP contribution in [0.4, 0.5) is 4.39 Å². The van der Waals surface area contributed by atoms with E-state index in [1.165, 1.54) is 18.4 Å². The molecule has 118 valence electrons. The van der Waals surface area contributed by atoms with E-state index < -0.39 is 5.82 Å². The van der Waals surface area contributed by atoms with Gasteiger partial charge in [-0.3, -0.25) is 4.98 Å². The number of pyridine rings is 1. The van der Waals surface area contributed by atoms with Gasteiger partial charge in [0.15, 0.2) is 0 Å². The van der Waals surface area contributed by atoms with Crippen LogP contribution in [0.15, 0.2) is 33.0 Å². The Morgan fingerprint density at radius 1 is 1.41 bits per heavy atom. The lowest BCUT2D eigenvalue weighted by atomic mass is 10.2. The molecule has 5 nitrogen and oxygen atoms in total. The number of hydrogen-bond donors (Lipinski definition) is 4. The van der Waals surface area contributed by atoms with Gasteiger partial charge in [0.2, 0.25) is 0 Å². The third kappa shape index (κ3) is 5.34. The molecule has 0 spiro atoms. The number of halogens is 3. The Morgan fingerprint density at radius 3 is 2.68 bits per heavy atom. The monoisotopic (exact) mass is 431 g/mol. The zero-order valence-corrected chi connectivity index (χ0v) is 15.1. The highest BCUT2D eigenvalue weighted by Crippen LogP contribution is 2.21. The fraction of sp³-hybridized carbons (Fsp3) is 0.214. The lowest BCUT2D eigenvalue weighted by Crippen LogP contribution is -2.21. The molecule has 1 rings (SSSR count). The van der Waals surface area contributed by atoms with Crippen molar-refractivity contribution >= 4 is 50.0 Å². The molecule has 4 N–H and O–H groups in total. The highest BCUT2D eigenvalue weighted by molar-refractivity contribution is 9.11. The predicted octanol–water partition coefficient (Wildman–Crippen LogP) is 3.43. The molecule has 0 aliphatic rings. The summed E-state index contributed by atoms with van der Waals surface area (Å²) in [5.74, 6) is -0.445. The smallest absolute Gasteiger partial charge is 0.142 e. The van der Waals surface area contributed by atoms with Crippen LogP contribution >= 0.6 is 31.9 Å². The first kappa shape index (κ1) is 18.5. The quantitative estimate of drug-likeness (QED) is 0.375. The lowest BCUT2D eigenvalue weighted by molar-refractivity contribution is 0.619. The Labute approximate surface area is 145 Å². The molecule has 0 bridgehead atoms. The second-order valence-corrected chi connectivity index (χ2v) is 5.75. The van der Waals surface area contributed by atoms with Crippen molar-refractivity contribution in [2.75, 3.05) is 13.1 Å². The largest absolute Gasteiger partial charge is 0.379 e. The summed E-state index contributed by atoms with van der Waals surface area (Å²) >= 11 is 6.63. The number of rotatable bonds is 8. The first-order valence-electron chi connectivity index (χ1n) is 6.42. The van der Waals surface area contributed by atoms with Crippen LogP contribution in [0, 0.1) is 16.6 Å². The van der Waals surface area contributed by atoms with Crippen molar-refractivity contribution in [3.63, 3.8) is 0 Å². The molecule has 0 aliphatic heterocycles. The SMILES string of the molecule is CCN/C(Br)=C(\C=N)CN/C(=C\C=N)c1ncc(F)cc1Br. The molecule has 0 saturated carbocycles. The number of nitrogens with one attached hydrogen (secondary N) is 4. The van der Waals surface area contributed by atoms with E-state index in [-0.39, 0.29) is 0 Å². The standard InChI is InChI=1S/C14H16Br2FN5/c1-2-20-14(16)9(6-19)7-21-12(3-4-18)13-11(15)5-10(17)8-22-13/h3-6,8,18-21H,2,7H2,1H3/b12-3-,14-9+,18-4?,19-6?. The van der Waals surface area contributed by atoms with E-state index in [9.17, 15) is 4.39 Å². The minimum Gasteiger partial charge on any atom is -0.379 e. The molecule has 1 heterocycles. The Balaban J connectivity index is 2.99. The van der Waals surface area contributed by atoms with Crippen molar-refractivity contribution < 1.29 is 4.39 Å². The van der Waals surface area contributed by atoms with E-state index in [0.29, 0.717) is 28.0 Å². The summed E-state index contributed by atoms with van der Waals surface area (Å²) in [6, 6.07) is 1.31. The maximum absolute atomic E-state index is 13.1. The summed E-state index contributed by atoms with van der Waals surface area (Å²) < 4.78 is 14.3. The highest BCUT2D eigenvalue weighted by Gasteiger charge is 2.10. The Kier molecular flexibility index (Phi) is 7.97. The fourth-order valence-corrected chi connectivity index (χ4v) is 2.64. The molecule has 1 aromatic heterocycles. The van der Waals surface area contributed by atoms with E-state index >= 15 is 0 Å². The van der Waals surface area contributed by atoms with Crippen LogP contribution in [0.25, 0.3) is 5.70 Å². The van der Waals surface area contributed by atoms with Crippen molar-refractivity contribution in [3.05, 3.63) is 44.5 Å². The molecule has 0 fully saturated rings.